The van der Waals surface area contributed by atoms with Gasteiger partial charge in [0.15, 0.2) is 0 Å². The molecule has 1 fully saturated rings. The first kappa shape index (κ1) is 21.5. The number of carbonyl (C=O) groups excluding carboxylic acids is 1. The number of piperazine rings is 1. The van der Waals surface area contributed by atoms with E-state index < -0.39 is 0 Å². The van der Waals surface area contributed by atoms with Gasteiger partial charge in [-0.1, -0.05) is 25.1 Å². The third-order valence-corrected chi connectivity index (χ3v) is 5.98. The zero-order chi connectivity index (χ0) is 20.6. The van der Waals surface area contributed by atoms with Crippen LogP contribution in [0, 0.1) is 5.82 Å². The van der Waals surface area contributed by atoms with E-state index in [2.05, 4.69) is 27.4 Å². The zero-order valence-electron chi connectivity index (χ0n) is 17.1. The van der Waals surface area contributed by atoms with Crippen molar-refractivity contribution in [3.8, 4) is 0 Å². The number of urea groups is 1. The van der Waals surface area contributed by atoms with Crippen LogP contribution in [0.2, 0.25) is 0 Å². The van der Waals surface area contributed by atoms with Crippen LogP contribution in [0.4, 0.5) is 14.9 Å². The predicted molar refractivity (Wildman–Crippen MR) is 118 cm³/mol. The molecule has 5 nitrogen and oxygen atoms in total. The fourth-order valence-electron chi connectivity index (χ4n) is 3.39. The molecule has 1 saturated heterocycles. The number of hydrogen-bond acceptors (Lipinski definition) is 4. The van der Waals surface area contributed by atoms with Gasteiger partial charge in [-0.25, -0.2) is 9.18 Å². The van der Waals surface area contributed by atoms with E-state index >= 15 is 0 Å². The van der Waals surface area contributed by atoms with E-state index in [4.69, 9.17) is 0 Å². The minimum atomic E-state index is -0.265. The lowest BCUT2D eigenvalue weighted by Gasteiger charge is -2.35. The molecule has 1 aliphatic heterocycles. The second kappa shape index (κ2) is 10.5. The molecule has 2 amide bonds. The summed E-state index contributed by atoms with van der Waals surface area (Å²) in [5.41, 5.74) is 2.43. The fraction of sp³-hybridized carbons (Fsp3) is 0.409. The highest BCUT2D eigenvalue weighted by Gasteiger charge is 2.18. The van der Waals surface area contributed by atoms with Crippen LogP contribution in [-0.2, 0) is 13.1 Å². The molecule has 0 aromatic heterocycles. The van der Waals surface area contributed by atoms with Gasteiger partial charge < -0.3 is 20.4 Å². The molecule has 0 aliphatic carbocycles. The number of nitrogens with zero attached hydrogens (tertiary/aromatic N) is 2. The molecular weight excluding hydrogens is 387 g/mol. The monoisotopic (exact) mass is 416 g/mol. The molecule has 0 radical (unpaired) electrons. The highest BCUT2D eigenvalue weighted by Crippen LogP contribution is 2.22. The van der Waals surface area contributed by atoms with E-state index in [1.54, 1.807) is 11.8 Å². The van der Waals surface area contributed by atoms with Gasteiger partial charge in [-0.3, -0.25) is 0 Å². The van der Waals surface area contributed by atoms with E-state index in [1.807, 2.05) is 42.7 Å². The van der Waals surface area contributed by atoms with Crippen molar-refractivity contribution < 1.29 is 9.18 Å². The first-order valence-electron chi connectivity index (χ1n) is 9.99. The minimum Gasteiger partial charge on any atom is -0.367 e. The van der Waals surface area contributed by atoms with Crippen LogP contribution in [0.1, 0.15) is 18.1 Å². The number of rotatable bonds is 7. The third-order valence-electron chi connectivity index (χ3n) is 5.24. The van der Waals surface area contributed by atoms with Crippen molar-refractivity contribution in [2.24, 2.45) is 0 Å². The summed E-state index contributed by atoms with van der Waals surface area (Å²) in [6, 6.07) is 13.0. The molecule has 0 unspecified atom stereocenters. The van der Waals surface area contributed by atoms with Crippen molar-refractivity contribution in [2.75, 3.05) is 43.9 Å². The summed E-state index contributed by atoms with van der Waals surface area (Å²) in [4.78, 5) is 17.7. The Kier molecular flexibility index (Phi) is 7.77. The second-order valence-corrected chi connectivity index (χ2v) is 7.97. The largest absolute Gasteiger partial charge is 0.367 e. The third kappa shape index (κ3) is 6.11. The maximum Gasteiger partial charge on any atom is 0.315 e. The van der Waals surface area contributed by atoms with E-state index in [1.165, 1.54) is 11.0 Å². The van der Waals surface area contributed by atoms with Gasteiger partial charge in [0.25, 0.3) is 0 Å². The Morgan fingerprint density at radius 1 is 1.00 bits per heavy atom. The topological polar surface area (TPSA) is 47.6 Å². The Bertz CT molecular complexity index is 807. The number of hydrogen-bond donors (Lipinski definition) is 2. The quantitative estimate of drug-likeness (QED) is 0.676. The Hall–Kier alpha value is -2.25. The van der Waals surface area contributed by atoms with Gasteiger partial charge in [0.1, 0.15) is 5.82 Å². The van der Waals surface area contributed by atoms with E-state index in [-0.39, 0.29) is 18.4 Å². The van der Waals surface area contributed by atoms with Gasteiger partial charge in [0, 0.05) is 44.2 Å². The molecule has 2 aromatic rings. The number of likely N-dealkylation sites (N-methyl/N-ethyl adjacent to an activating group) is 1. The molecule has 1 heterocycles. The van der Waals surface area contributed by atoms with Crippen molar-refractivity contribution in [1.29, 1.82) is 0 Å². The highest BCUT2D eigenvalue weighted by atomic mass is 32.2. The van der Waals surface area contributed by atoms with E-state index in [0.717, 1.165) is 43.9 Å². The van der Waals surface area contributed by atoms with Crippen LogP contribution in [0.15, 0.2) is 47.4 Å². The fourth-order valence-corrected chi connectivity index (χ4v) is 3.80. The lowest BCUT2D eigenvalue weighted by molar-refractivity contribution is 0.240. The van der Waals surface area contributed by atoms with Crippen molar-refractivity contribution in [1.82, 2.24) is 15.5 Å². The predicted octanol–water partition coefficient (Wildman–Crippen LogP) is 3.69. The summed E-state index contributed by atoms with van der Waals surface area (Å²) in [5.74, 6) is -0.233. The molecule has 0 spiro atoms. The van der Waals surface area contributed by atoms with Crippen molar-refractivity contribution in [3.05, 3.63) is 59.4 Å². The molecule has 0 atom stereocenters. The Labute approximate surface area is 176 Å². The Morgan fingerprint density at radius 2 is 1.62 bits per heavy atom. The summed E-state index contributed by atoms with van der Waals surface area (Å²) in [6.07, 6.45) is 2.03. The van der Waals surface area contributed by atoms with E-state index in [9.17, 15) is 9.18 Å². The molecule has 2 aromatic carbocycles. The average Bonchev–Trinajstić information content (AvgIpc) is 2.77. The van der Waals surface area contributed by atoms with Gasteiger partial charge in [-0.15, -0.1) is 11.8 Å². The number of carbonyl (C=O) groups is 1. The first-order chi connectivity index (χ1) is 14.1. The Morgan fingerprint density at radius 3 is 2.21 bits per heavy atom. The van der Waals surface area contributed by atoms with Crippen LogP contribution < -0.4 is 15.5 Å². The highest BCUT2D eigenvalue weighted by molar-refractivity contribution is 7.98. The van der Waals surface area contributed by atoms with Crippen molar-refractivity contribution in [3.63, 3.8) is 0 Å². The van der Waals surface area contributed by atoms with Gasteiger partial charge in [0.2, 0.25) is 0 Å². The maximum absolute atomic E-state index is 14.6. The average molecular weight is 417 g/mol. The van der Waals surface area contributed by atoms with Crippen LogP contribution in [0.25, 0.3) is 0 Å². The Balaban J connectivity index is 1.46. The number of anilines is 1. The first-order valence-corrected chi connectivity index (χ1v) is 11.2. The van der Waals surface area contributed by atoms with Crippen LogP contribution in [0.5, 0.6) is 0 Å². The summed E-state index contributed by atoms with van der Waals surface area (Å²) in [5, 5.41) is 5.62. The van der Waals surface area contributed by atoms with Crippen molar-refractivity contribution in [2.45, 2.75) is 24.9 Å². The molecule has 3 rings (SSSR count). The van der Waals surface area contributed by atoms with Crippen LogP contribution in [-0.4, -0.2) is 49.9 Å². The van der Waals surface area contributed by atoms with E-state index in [0.29, 0.717) is 12.2 Å². The summed E-state index contributed by atoms with van der Waals surface area (Å²) in [7, 11) is 0. The molecule has 0 saturated carbocycles. The second-order valence-electron chi connectivity index (χ2n) is 7.09. The summed E-state index contributed by atoms with van der Waals surface area (Å²) >= 11 is 1.68. The van der Waals surface area contributed by atoms with Gasteiger partial charge >= 0.3 is 6.03 Å². The molecule has 156 valence electrons. The molecular formula is C22H29FN4OS. The van der Waals surface area contributed by atoms with Crippen LogP contribution >= 0.6 is 11.8 Å². The van der Waals surface area contributed by atoms with Gasteiger partial charge in [0.05, 0.1) is 5.69 Å². The molecule has 2 N–H and O–H groups in total. The van der Waals surface area contributed by atoms with Gasteiger partial charge in [-0.05, 0) is 48.2 Å². The lowest BCUT2D eigenvalue weighted by Crippen LogP contribution is -2.46. The SMILES string of the molecule is CCN1CCN(c2ccc(CNC(=O)NCc3ccc(SC)cc3)cc2F)CC1. The number of benzene rings is 2. The standard InChI is InChI=1S/C22H29FN4OS/c1-3-26-10-12-27(13-11-26)21-9-6-18(14-20(21)23)16-25-22(28)24-15-17-4-7-19(29-2)8-5-17/h4-9,14H,3,10-13,15-16H2,1-2H3,(H2,24,25,28). The molecule has 29 heavy (non-hydrogen) atoms. The van der Waals surface area contributed by atoms with Crippen molar-refractivity contribution >= 4 is 23.5 Å². The molecule has 7 heteroatoms. The normalized spacial score (nSPS) is 14.7. The number of thioether (sulfide) groups is 1. The summed E-state index contributed by atoms with van der Waals surface area (Å²) in [6.45, 7) is 7.52. The minimum absolute atomic E-state index is 0.233. The number of halogens is 1. The number of nitrogens with one attached hydrogen (secondary N) is 2. The van der Waals surface area contributed by atoms with Crippen LogP contribution in [0.3, 0.4) is 0 Å². The molecule has 0 bridgehead atoms. The molecule has 1 aliphatic rings. The zero-order valence-corrected chi connectivity index (χ0v) is 17.9. The van der Waals surface area contributed by atoms with Gasteiger partial charge in [-0.2, -0.15) is 0 Å². The lowest BCUT2D eigenvalue weighted by atomic mass is 10.1. The number of amides is 2. The maximum atomic E-state index is 14.6. The smallest absolute Gasteiger partial charge is 0.315 e. The summed E-state index contributed by atoms with van der Waals surface area (Å²) < 4.78 is 14.6.